The van der Waals surface area contributed by atoms with E-state index in [0.717, 1.165) is 17.7 Å². The van der Waals surface area contributed by atoms with Gasteiger partial charge in [0.15, 0.2) is 0 Å². The predicted molar refractivity (Wildman–Crippen MR) is 91.2 cm³/mol. The summed E-state index contributed by atoms with van der Waals surface area (Å²) in [4.78, 5) is 4.83. The maximum Gasteiger partial charge on any atom is 0.0687 e. The molecular weight excluding hydrogens is 242 g/mol. The van der Waals surface area contributed by atoms with Gasteiger partial charge in [-0.3, -0.25) is 4.99 Å². The molecule has 0 aliphatic rings. The van der Waals surface area contributed by atoms with Gasteiger partial charge in [-0.1, -0.05) is 44.2 Å². The Kier molecular flexibility index (Phi) is 6.44. The van der Waals surface area contributed by atoms with Crippen molar-refractivity contribution in [3.63, 3.8) is 0 Å². The summed E-state index contributed by atoms with van der Waals surface area (Å²) in [5, 5.41) is 0. The van der Waals surface area contributed by atoms with E-state index in [0.29, 0.717) is 0 Å². The van der Waals surface area contributed by atoms with Crippen molar-refractivity contribution < 1.29 is 0 Å². The van der Waals surface area contributed by atoms with Crippen LogP contribution in [0.5, 0.6) is 0 Å². The van der Waals surface area contributed by atoms with Gasteiger partial charge in [-0.25, -0.2) is 0 Å². The van der Waals surface area contributed by atoms with E-state index in [-0.39, 0.29) is 0 Å². The molecule has 1 aromatic rings. The Hall–Kier alpha value is -1.63. The second kappa shape index (κ2) is 7.84. The van der Waals surface area contributed by atoms with E-state index in [1.165, 1.54) is 35.3 Å². The fourth-order valence-corrected chi connectivity index (χ4v) is 2.30. The quantitative estimate of drug-likeness (QED) is 0.447. The van der Waals surface area contributed by atoms with Gasteiger partial charge in [0.25, 0.3) is 0 Å². The minimum Gasteiger partial charge on any atom is -0.258 e. The van der Waals surface area contributed by atoms with E-state index in [1.807, 2.05) is 6.92 Å². The minimum atomic E-state index is 1.03. The summed E-state index contributed by atoms with van der Waals surface area (Å²) in [6.45, 7) is 14.7. The van der Waals surface area contributed by atoms with Crippen LogP contribution >= 0.6 is 0 Å². The van der Waals surface area contributed by atoms with Crippen molar-refractivity contribution in [1.29, 1.82) is 0 Å². The maximum absolute atomic E-state index is 4.83. The van der Waals surface area contributed by atoms with Gasteiger partial charge in [-0.15, -0.1) is 0 Å². The van der Waals surface area contributed by atoms with Crippen molar-refractivity contribution in [2.75, 3.05) is 0 Å². The molecule has 0 aromatic heterocycles. The van der Waals surface area contributed by atoms with Gasteiger partial charge in [0.1, 0.15) is 0 Å². The van der Waals surface area contributed by atoms with Crippen LogP contribution in [0.4, 0.5) is 0 Å². The molecule has 1 rings (SSSR count). The smallest absolute Gasteiger partial charge is 0.0687 e. The molecule has 1 nitrogen and oxygen atoms in total. The number of hydrogen-bond acceptors (Lipinski definition) is 1. The zero-order valence-electron chi connectivity index (χ0n) is 13.6. The highest BCUT2D eigenvalue weighted by Crippen LogP contribution is 2.26. The minimum absolute atomic E-state index is 1.03. The van der Waals surface area contributed by atoms with Crippen LogP contribution in [0.25, 0.3) is 5.57 Å². The highest BCUT2D eigenvalue weighted by molar-refractivity contribution is 5.85. The van der Waals surface area contributed by atoms with Crippen LogP contribution < -0.4 is 0 Å². The van der Waals surface area contributed by atoms with E-state index in [1.54, 1.807) is 0 Å². The molecule has 0 spiro atoms. The molecule has 0 radical (unpaired) electrons. The SMILES string of the molecule is C=C(C)C(/N=C(\C)CCCC)=C(/C)c1ccccc1C. The highest BCUT2D eigenvalue weighted by atomic mass is 14.8. The number of nitrogens with zero attached hydrogens (tertiary/aromatic N) is 1. The average molecular weight is 269 g/mol. The highest BCUT2D eigenvalue weighted by Gasteiger charge is 2.07. The largest absolute Gasteiger partial charge is 0.258 e. The first-order valence-corrected chi connectivity index (χ1v) is 7.44. The van der Waals surface area contributed by atoms with Crippen LogP contribution in [0.2, 0.25) is 0 Å². The van der Waals surface area contributed by atoms with Gasteiger partial charge in [-0.05, 0) is 62.8 Å². The first-order valence-electron chi connectivity index (χ1n) is 7.44. The van der Waals surface area contributed by atoms with Crippen LogP contribution in [-0.2, 0) is 0 Å². The molecule has 0 aliphatic heterocycles. The molecule has 0 unspecified atom stereocenters. The van der Waals surface area contributed by atoms with Crippen LogP contribution in [0.1, 0.15) is 58.1 Å². The first-order chi connectivity index (χ1) is 9.47. The number of allylic oxidation sites excluding steroid dienone is 2. The molecule has 108 valence electrons. The molecule has 0 atom stereocenters. The Morgan fingerprint density at radius 1 is 1.15 bits per heavy atom. The van der Waals surface area contributed by atoms with Crippen LogP contribution in [0.3, 0.4) is 0 Å². The predicted octanol–water partition coefficient (Wildman–Crippen LogP) is 5.95. The van der Waals surface area contributed by atoms with Gasteiger partial charge >= 0.3 is 0 Å². The Bertz CT molecular complexity index is 532. The number of aliphatic imine (C=N–C) groups is 1. The zero-order chi connectivity index (χ0) is 15.1. The molecule has 1 heteroatoms. The number of unbranched alkanes of at least 4 members (excludes halogenated alkanes) is 1. The number of aryl methyl sites for hydroxylation is 1. The van der Waals surface area contributed by atoms with Gasteiger partial charge in [0.05, 0.1) is 5.70 Å². The van der Waals surface area contributed by atoms with Crippen molar-refractivity contribution in [2.45, 2.75) is 53.9 Å². The molecule has 0 amide bonds. The third-order valence-corrected chi connectivity index (χ3v) is 3.50. The van der Waals surface area contributed by atoms with Gasteiger partial charge in [0, 0.05) is 5.71 Å². The Labute approximate surface area is 124 Å². The summed E-state index contributed by atoms with van der Waals surface area (Å²) in [5.41, 5.74) is 7.02. The van der Waals surface area contributed by atoms with Crippen molar-refractivity contribution >= 4 is 11.3 Å². The van der Waals surface area contributed by atoms with Crippen molar-refractivity contribution in [1.82, 2.24) is 0 Å². The van der Waals surface area contributed by atoms with E-state index in [4.69, 9.17) is 4.99 Å². The lowest BCUT2D eigenvalue weighted by Crippen LogP contribution is -1.96. The fraction of sp³-hybridized carbons (Fsp3) is 0.421. The fourth-order valence-electron chi connectivity index (χ4n) is 2.30. The van der Waals surface area contributed by atoms with Crippen LogP contribution in [0, 0.1) is 6.92 Å². The summed E-state index contributed by atoms with van der Waals surface area (Å²) in [6.07, 6.45) is 3.46. The molecule has 0 N–H and O–H groups in total. The average Bonchev–Trinajstić information content (AvgIpc) is 2.42. The van der Waals surface area contributed by atoms with Crippen molar-refractivity contribution in [3.05, 3.63) is 53.2 Å². The Morgan fingerprint density at radius 3 is 2.35 bits per heavy atom. The van der Waals surface area contributed by atoms with Crippen LogP contribution in [-0.4, -0.2) is 5.71 Å². The molecule has 0 saturated carbocycles. The first kappa shape index (κ1) is 16.4. The molecule has 0 heterocycles. The second-order valence-corrected chi connectivity index (χ2v) is 5.52. The summed E-state index contributed by atoms with van der Waals surface area (Å²) in [6, 6.07) is 8.45. The normalized spacial score (nSPS) is 13.2. The van der Waals surface area contributed by atoms with Gasteiger partial charge in [0.2, 0.25) is 0 Å². The standard InChI is InChI=1S/C19H27N/c1-7-8-12-16(5)20-19(14(2)3)17(6)18-13-10-9-11-15(18)4/h9-11,13H,2,7-8,12H2,1,3-6H3/b19-17+,20-16+. The number of hydrogen-bond donors (Lipinski definition) is 0. The lowest BCUT2D eigenvalue weighted by atomic mass is 9.98. The summed E-state index contributed by atoms with van der Waals surface area (Å²) in [7, 11) is 0. The summed E-state index contributed by atoms with van der Waals surface area (Å²) < 4.78 is 0. The number of benzene rings is 1. The molecule has 20 heavy (non-hydrogen) atoms. The summed E-state index contributed by atoms with van der Waals surface area (Å²) in [5.74, 6) is 0. The molecule has 0 fully saturated rings. The van der Waals surface area contributed by atoms with E-state index >= 15 is 0 Å². The lowest BCUT2D eigenvalue weighted by molar-refractivity contribution is 0.832. The van der Waals surface area contributed by atoms with E-state index < -0.39 is 0 Å². The molecular formula is C19H27N. The maximum atomic E-state index is 4.83. The molecule has 0 saturated heterocycles. The third kappa shape index (κ3) is 4.48. The Balaban J connectivity index is 3.21. The second-order valence-electron chi connectivity index (χ2n) is 5.52. The Morgan fingerprint density at radius 2 is 1.80 bits per heavy atom. The van der Waals surface area contributed by atoms with Crippen LogP contribution in [0.15, 0.2) is 47.1 Å². The van der Waals surface area contributed by atoms with Gasteiger partial charge < -0.3 is 0 Å². The van der Waals surface area contributed by atoms with Crippen molar-refractivity contribution in [3.8, 4) is 0 Å². The van der Waals surface area contributed by atoms with Crippen molar-refractivity contribution in [2.24, 2.45) is 4.99 Å². The van der Waals surface area contributed by atoms with E-state index in [2.05, 4.69) is 58.5 Å². The molecule has 0 aliphatic carbocycles. The third-order valence-electron chi connectivity index (χ3n) is 3.50. The number of rotatable bonds is 6. The van der Waals surface area contributed by atoms with E-state index in [9.17, 15) is 0 Å². The monoisotopic (exact) mass is 269 g/mol. The lowest BCUT2D eigenvalue weighted by Gasteiger charge is -2.12. The zero-order valence-corrected chi connectivity index (χ0v) is 13.6. The summed E-state index contributed by atoms with van der Waals surface area (Å²) >= 11 is 0. The molecule has 1 aromatic carbocycles. The molecule has 0 bridgehead atoms. The van der Waals surface area contributed by atoms with Gasteiger partial charge in [-0.2, -0.15) is 0 Å². The topological polar surface area (TPSA) is 12.4 Å².